The van der Waals surface area contributed by atoms with Crippen molar-refractivity contribution < 1.29 is 18.3 Å². The van der Waals surface area contributed by atoms with Crippen LogP contribution in [-0.2, 0) is 12.7 Å². The Balaban J connectivity index is 1.89. The Hall–Kier alpha value is -3.53. The molecule has 3 aromatic rings. The zero-order chi connectivity index (χ0) is 22.2. The van der Waals surface area contributed by atoms with Crippen molar-refractivity contribution in [2.45, 2.75) is 31.8 Å². The maximum Gasteiger partial charge on any atom is 0.417 e. The van der Waals surface area contributed by atoms with Crippen molar-refractivity contribution in [3.8, 4) is 0 Å². The molecule has 10 heteroatoms. The summed E-state index contributed by atoms with van der Waals surface area (Å²) in [6, 6.07) is 5.06. The Morgan fingerprint density at radius 2 is 2.03 bits per heavy atom. The summed E-state index contributed by atoms with van der Waals surface area (Å²) in [6.45, 7) is 1.62. The van der Waals surface area contributed by atoms with Gasteiger partial charge in [0.1, 0.15) is 5.35 Å². The van der Waals surface area contributed by atoms with Gasteiger partial charge in [-0.25, -0.2) is 4.98 Å². The summed E-state index contributed by atoms with van der Waals surface area (Å²) in [4.78, 5) is 25.5. The van der Waals surface area contributed by atoms with Crippen LogP contribution in [0.25, 0.3) is 11.8 Å². The molecule has 0 radical (unpaired) electrons. The SMILES string of the molecule is C[C@@H](O)Cn1cnc2c(c1=O)=CC(c1ccc(C(F)(F)F)cn1)NC=2c1cccnc1. The van der Waals surface area contributed by atoms with Gasteiger partial charge in [0.15, 0.2) is 0 Å². The van der Waals surface area contributed by atoms with Crippen LogP contribution < -0.4 is 21.4 Å². The van der Waals surface area contributed by atoms with Gasteiger partial charge in [-0.05, 0) is 37.3 Å². The first-order valence-electron chi connectivity index (χ1n) is 9.44. The summed E-state index contributed by atoms with van der Waals surface area (Å²) in [7, 11) is 0. The van der Waals surface area contributed by atoms with Gasteiger partial charge in [0, 0.05) is 24.2 Å². The first-order valence-corrected chi connectivity index (χ1v) is 9.44. The molecule has 0 spiro atoms. The van der Waals surface area contributed by atoms with Crippen LogP contribution in [0.4, 0.5) is 13.2 Å². The lowest BCUT2D eigenvalue weighted by atomic mass is 10.0. The molecule has 1 aliphatic rings. The first-order chi connectivity index (χ1) is 14.7. The largest absolute Gasteiger partial charge is 0.417 e. The second-order valence-corrected chi connectivity index (χ2v) is 7.19. The van der Waals surface area contributed by atoms with E-state index in [0.29, 0.717) is 22.3 Å². The predicted octanol–water partition coefficient (Wildman–Crippen LogP) is 0.714. The van der Waals surface area contributed by atoms with E-state index in [0.717, 1.165) is 12.3 Å². The number of aliphatic hydroxyl groups excluding tert-OH is 1. The highest BCUT2D eigenvalue weighted by atomic mass is 19.4. The summed E-state index contributed by atoms with van der Waals surface area (Å²) < 4.78 is 40.0. The summed E-state index contributed by atoms with van der Waals surface area (Å²) in [5.74, 6) is 0. The number of halogens is 3. The van der Waals surface area contributed by atoms with Crippen molar-refractivity contribution in [3.05, 3.63) is 86.9 Å². The number of aliphatic hydroxyl groups is 1. The number of nitrogens with zero attached hydrogens (tertiary/aromatic N) is 4. The second-order valence-electron chi connectivity index (χ2n) is 7.19. The van der Waals surface area contributed by atoms with E-state index < -0.39 is 23.9 Å². The number of hydrogen-bond donors (Lipinski definition) is 2. The van der Waals surface area contributed by atoms with E-state index in [2.05, 4.69) is 20.3 Å². The quantitative estimate of drug-likeness (QED) is 0.635. The van der Waals surface area contributed by atoms with Gasteiger partial charge in [-0.3, -0.25) is 19.3 Å². The van der Waals surface area contributed by atoms with Crippen molar-refractivity contribution in [1.29, 1.82) is 0 Å². The van der Waals surface area contributed by atoms with Crippen LogP contribution in [0.15, 0.2) is 54.0 Å². The van der Waals surface area contributed by atoms with Crippen LogP contribution in [0.1, 0.15) is 29.8 Å². The number of alkyl halides is 3. The molecule has 0 amide bonds. The van der Waals surface area contributed by atoms with E-state index in [-0.39, 0.29) is 17.3 Å². The van der Waals surface area contributed by atoms with Crippen LogP contribution >= 0.6 is 0 Å². The minimum absolute atomic E-state index is 0.0613. The zero-order valence-electron chi connectivity index (χ0n) is 16.3. The van der Waals surface area contributed by atoms with E-state index in [1.54, 1.807) is 37.5 Å². The number of pyridine rings is 2. The van der Waals surface area contributed by atoms with Gasteiger partial charge >= 0.3 is 6.18 Å². The summed E-state index contributed by atoms with van der Waals surface area (Å²) in [6.07, 6.45) is 1.65. The predicted molar refractivity (Wildman–Crippen MR) is 106 cm³/mol. The van der Waals surface area contributed by atoms with Crippen LogP contribution in [0.2, 0.25) is 0 Å². The van der Waals surface area contributed by atoms with Crippen LogP contribution in [0.3, 0.4) is 0 Å². The maximum absolute atomic E-state index is 13.0. The molecule has 2 N–H and O–H groups in total. The molecule has 31 heavy (non-hydrogen) atoms. The van der Waals surface area contributed by atoms with E-state index >= 15 is 0 Å². The van der Waals surface area contributed by atoms with Gasteiger partial charge in [0.05, 0.1) is 47.2 Å². The Bertz CT molecular complexity index is 1270. The number of rotatable bonds is 4. The molecule has 0 saturated heterocycles. The van der Waals surface area contributed by atoms with E-state index in [4.69, 9.17) is 0 Å². The lowest BCUT2D eigenvalue weighted by molar-refractivity contribution is -0.137. The fraction of sp³-hybridized carbons (Fsp3) is 0.238. The van der Waals surface area contributed by atoms with Crippen molar-refractivity contribution in [2.24, 2.45) is 0 Å². The highest BCUT2D eigenvalue weighted by molar-refractivity contribution is 5.66. The highest BCUT2D eigenvalue weighted by Gasteiger charge is 2.31. The number of nitrogens with one attached hydrogen (secondary N) is 1. The Labute approximate surface area is 174 Å². The zero-order valence-corrected chi connectivity index (χ0v) is 16.3. The highest BCUT2D eigenvalue weighted by Crippen LogP contribution is 2.29. The fourth-order valence-electron chi connectivity index (χ4n) is 3.35. The fourth-order valence-corrected chi connectivity index (χ4v) is 3.35. The number of fused-ring (bicyclic) bond motifs is 1. The average Bonchev–Trinajstić information content (AvgIpc) is 2.75. The van der Waals surface area contributed by atoms with Crippen molar-refractivity contribution in [2.75, 3.05) is 0 Å². The van der Waals surface area contributed by atoms with Gasteiger partial charge < -0.3 is 10.4 Å². The Morgan fingerprint density at radius 1 is 1.23 bits per heavy atom. The molecule has 0 aliphatic carbocycles. The number of hydrogen-bond acceptors (Lipinski definition) is 6. The molecule has 3 aromatic heterocycles. The van der Waals surface area contributed by atoms with Gasteiger partial charge in [-0.2, -0.15) is 13.2 Å². The Kier molecular flexibility index (Phi) is 5.32. The van der Waals surface area contributed by atoms with Crippen molar-refractivity contribution in [1.82, 2.24) is 24.8 Å². The minimum atomic E-state index is -4.49. The van der Waals surface area contributed by atoms with Gasteiger partial charge in [-0.15, -0.1) is 0 Å². The molecule has 160 valence electrons. The lowest BCUT2D eigenvalue weighted by Gasteiger charge is -2.22. The van der Waals surface area contributed by atoms with Crippen molar-refractivity contribution in [3.63, 3.8) is 0 Å². The summed E-state index contributed by atoms with van der Waals surface area (Å²) >= 11 is 0. The molecule has 4 rings (SSSR count). The smallest absolute Gasteiger partial charge is 0.392 e. The van der Waals surface area contributed by atoms with Crippen LogP contribution in [-0.4, -0.2) is 30.7 Å². The molecular weight excluding hydrogens is 411 g/mol. The van der Waals surface area contributed by atoms with Crippen LogP contribution in [0.5, 0.6) is 0 Å². The third-order valence-electron chi connectivity index (χ3n) is 4.79. The average molecular weight is 429 g/mol. The second kappa shape index (κ2) is 7.95. The molecule has 0 bridgehead atoms. The third kappa shape index (κ3) is 4.19. The maximum atomic E-state index is 13.0. The summed E-state index contributed by atoms with van der Waals surface area (Å²) in [5, 5.41) is 13.5. The Morgan fingerprint density at radius 3 is 2.65 bits per heavy atom. The molecule has 0 fully saturated rings. The molecule has 1 aliphatic heterocycles. The minimum Gasteiger partial charge on any atom is -0.392 e. The summed E-state index contributed by atoms with van der Waals surface area (Å²) in [5.41, 5.74) is 0.258. The molecule has 1 unspecified atom stereocenters. The molecule has 0 saturated carbocycles. The molecular formula is C21H18F3N5O2. The first kappa shape index (κ1) is 20.7. The monoisotopic (exact) mass is 429 g/mol. The molecule has 0 aromatic carbocycles. The van der Waals surface area contributed by atoms with Gasteiger partial charge in [0.2, 0.25) is 0 Å². The van der Waals surface area contributed by atoms with E-state index in [9.17, 15) is 23.1 Å². The van der Waals surface area contributed by atoms with Gasteiger partial charge in [-0.1, -0.05) is 0 Å². The van der Waals surface area contributed by atoms with Gasteiger partial charge in [0.25, 0.3) is 5.56 Å². The number of aromatic nitrogens is 4. The molecule has 4 heterocycles. The van der Waals surface area contributed by atoms with Crippen molar-refractivity contribution >= 4 is 11.8 Å². The van der Waals surface area contributed by atoms with Crippen LogP contribution in [0, 0.1) is 0 Å². The molecule has 7 nitrogen and oxygen atoms in total. The third-order valence-corrected chi connectivity index (χ3v) is 4.79. The standard InChI is InChI=1S/C21H18F3N5O2/c1-12(30)10-29-11-27-19-15(20(29)31)7-17(28-18(19)13-3-2-6-25-8-13)16-5-4-14(9-26-16)21(22,23)24/h2-9,11-12,17,28,30H,10H2,1H3/t12-,17?/m1/s1. The molecule has 2 atom stereocenters. The lowest BCUT2D eigenvalue weighted by Crippen LogP contribution is -2.52. The topological polar surface area (TPSA) is 92.9 Å². The normalized spacial score (nSPS) is 16.8. The van der Waals surface area contributed by atoms with E-state index in [1.165, 1.54) is 17.0 Å². The van der Waals surface area contributed by atoms with E-state index in [1.807, 2.05) is 0 Å².